The number of hydrogen-bond donors (Lipinski definition) is 1. The molecule has 0 aliphatic carbocycles. The standard InChI is InChI=1S/C12H20BrN3O/c1-5-16-9(11(13)8(4)15-16)6-10(17)12(14)7(2)3/h7,12H,5-6,14H2,1-4H3. The number of ketones is 1. The Balaban J connectivity index is 2.91. The maximum absolute atomic E-state index is 12.0. The molecule has 0 saturated carbocycles. The SMILES string of the molecule is CCn1nc(C)c(Br)c1CC(=O)C(N)C(C)C. The van der Waals surface area contributed by atoms with Gasteiger partial charge in [-0.15, -0.1) is 0 Å². The molecule has 0 saturated heterocycles. The zero-order valence-electron chi connectivity index (χ0n) is 10.8. The summed E-state index contributed by atoms with van der Waals surface area (Å²) < 4.78 is 2.77. The van der Waals surface area contributed by atoms with E-state index < -0.39 is 6.04 Å². The third kappa shape index (κ3) is 3.16. The van der Waals surface area contributed by atoms with Gasteiger partial charge in [-0.1, -0.05) is 13.8 Å². The van der Waals surface area contributed by atoms with Gasteiger partial charge in [0.1, 0.15) is 0 Å². The lowest BCUT2D eigenvalue weighted by Gasteiger charge is -2.14. The van der Waals surface area contributed by atoms with Crippen LogP contribution in [-0.2, 0) is 17.8 Å². The summed E-state index contributed by atoms with van der Waals surface area (Å²) >= 11 is 3.48. The maximum Gasteiger partial charge on any atom is 0.155 e. The monoisotopic (exact) mass is 301 g/mol. The molecule has 4 nitrogen and oxygen atoms in total. The van der Waals surface area contributed by atoms with Crippen molar-refractivity contribution in [3.05, 3.63) is 15.9 Å². The van der Waals surface area contributed by atoms with Crippen LogP contribution in [-0.4, -0.2) is 21.6 Å². The number of hydrogen-bond acceptors (Lipinski definition) is 3. The molecule has 0 radical (unpaired) electrons. The van der Waals surface area contributed by atoms with E-state index in [0.717, 1.165) is 22.4 Å². The van der Waals surface area contributed by atoms with Gasteiger partial charge in [0.05, 0.1) is 28.3 Å². The average Bonchev–Trinajstić information content (AvgIpc) is 2.55. The molecule has 0 spiro atoms. The summed E-state index contributed by atoms with van der Waals surface area (Å²) in [5, 5.41) is 4.36. The van der Waals surface area contributed by atoms with Crippen molar-refractivity contribution >= 4 is 21.7 Å². The minimum Gasteiger partial charge on any atom is -0.321 e. The number of halogens is 1. The van der Waals surface area contributed by atoms with Crippen LogP contribution in [0.4, 0.5) is 0 Å². The minimum atomic E-state index is -0.401. The fraction of sp³-hybridized carbons (Fsp3) is 0.667. The minimum absolute atomic E-state index is 0.0651. The van der Waals surface area contributed by atoms with Gasteiger partial charge < -0.3 is 5.73 Å². The summed E-state index contributed by atoms with van der Waals surface area (Å²) in [5.74, 6) is 0.232. The van der Waals surface area contributed by atoms with Crippen molar-refractivity contribution in [3.63, 3.8) is 0 Å². The molecule has 96 valence electrons. The van der Waals surface area contributed by atoms with Crippen molar-refractivity contribution in [2.45, 2.75) is 46.7 Å². The van der Waals surface area contributed by atoms with Crippen LogP contribution in [0.2, 0.25) is 0 Å². The number of carbonyl (C=O) groups is 1. The molecule has 5 heteroatoms. The highest BCUT2D eigenvalue weighted by molar-refractivity contribution is 9.10. The first kappa shape index (κ1) is 14.4. The summed E-state index contributed by atoms with van der Waals surface area (Å²) in [6.07, 6.45) is 0.342. The van der Waals surface area contributed by atoms with Gasteiger partial charge in [-0.25, -0.2) is 0 Å². The third-order valence-electron chi connectivity index (χ3n) is 2.88. The normalized spacial score (nSPS) is 13.1. The number of rotatable bonds is 5. The van der Waals surface area contributed by atoms with E-state index in [1.54, 1.807) is 0 Å². The van der Waals surface area contributed by atoms with Crippen LogP contribution in [0.3, 0.4) is 0 Å². The van der Waals surface area contributed by atoms with Crippen LogP contribution in [0, 0.1) is 12.8 Å². The van der Waals surface area contributed by atoms with Gasteiger partial charge in [-0.05, 0) is 35.7 Å². The number of aromatic nitrogens is 2. The van der Waals surface area contributed by atoms with Crippen LogP contribution in [0.15, 0.2) is 4.47 Å². The number of nitrogens with two attached hydrogens (primary N) is 1. The maximum atomic E-state index is 12.0. The largest absolute Gasteiger partial charge is 0.321 e. The topological polar surface area (TPSA) is 60.9 Å². The molecule has 0 amide bonds. The van der Waals surface area contributed by atoms with E-state index in [2.05, 4.69) is 21.0 Å². The van der Waals surface area contributed by atoms with Gasteiger partial charge in [-0.2, -0.15) is 5.10 Å². The smallest absolute Gasteiger partial charge is 0.155 e. The summed E-state index contributed by atoms with van der Waals surface area (Å²) in [4.78, 5) is 12.0. The molecule has 0 aliphatic rings. The van der Waals surface area contributed by atoms with E-state index in [1.807, 2.05) is 32.4 Å². The first-order chi connectivity index (χ1) is 7.88. The zero-order chi connectivity index (χ0) is 13.2. The molecule has 1 atom stereocenters. The fourth-order valence-corrected chi connectivity index (χ4v) is 2.12. The van der Waals surface area contributed by atoms with Gasteiger partial charge in [0.15, 0.2) is 5.78 Å². The van der Waals surface area contributed by atoms with E-state index in [9.17, 15) is 4.79 Å². The van der Waals surface area contributed by atoms with E-state index >= 15 is 0 Å². The van der Waals surface area contributed by atoms with Crippen molar-refractivity contribution in [2.75, 3.05) is 0 Å². The summed E-state index contributed by atoms with van der Waals surface area (Å²) in [6.45, 7) is 8.60. The van der Waals surface area contributed by atoms with Crippen LogP contribution < -0.4 is 5.73 Å². The number of Topliss-reactive ketones (excluding diaryl/α,β-unsaturated/α-hetero) is 1. The molecule has 1 rings (SSSR count). The molecule has 1 aromatic heterocycles. The van der Waals surface area contributed by atoms with E-state index in [1.165, 1.54) is 0 Å². The lowest BCUT2D eigenvalue weighted by Crippen LogP contribution is -2.37. The molecule has 1 heterocycles. The van der Waals surface area contributed by atoms with E-state index in [4.69, 9.17) is 5.73 Å². The highest BCUT2D eigenvalue weighted by Gasteiger charge is 2.21. The van der Waals surface area contributed by atoms with Crippen molar-refractivity contribution in [2.24, 2.45) is 11.7 Å². The highest BCUT2D eigenvalue weighted by atomic mass is 79.9. The van der Waals surface area contributed by atoms with Gasteiger partial charge >= 0.3 is 0 Å². The van der Waals surface area contributed by atoms with Gasteiger partial charge in [0, 0.05) is 6.54 Å². The van der Waals surface area contributed by atoms with Crippen LogP contribution >= 0.6 is 15.9 Å². The summed E-state index contributed by atoms with van der Waals surface area (Å²) in [5.41, 5.74) is 7.69. The van der Waals surface area contributed by atoms with E-state index in [0.29, 0.717) is 6.42 Å². The van der Waals surface area contributed by atoms with Gasteiger partial charge in [-0.3, -0.25) is 9.48 Å². The quantitative estimate of drug-likeness (QED) is 0.905. The van der Waals surface area contributed by atoms with Crippen molar-refractivity contribution in [3.8, 4) is 0 Å². The Labute approximate surface area is 111 Å². The fourth-order valence-electron chi connectivity index (χ4n) is 1.69. The molecule has 1 aromatic rings. The second-order valence-corrected chi connectivity index (χ2v) is 5.37. The molecule has 17 heavy (non-hydrogen) atoms. The average molecular weight is 302 g/mol. The Morgan fingerprint density at radius 1 is 1.53 bits per heavy atom. The lowest BCUT2D eigenvalue weighted by molar-refractivity contribution is -0.120. The van der Waals surface area contributed by atoms with Crippen LogP contribution in [0.25, 0.3) is 0 Å². The Kier molecular flexibility index (Phi) is 4.89. The molecular weight excluding hydrogens is 282 g/mol. The summed E-state index contributed by atoms with van der Waals surface area (Å²) in [6, 6.07) is -0.401. The Hall–Kier alpha value is -0.680. The number of nitrogens with zero attached hydrogens (tertiary/aromatic N) is 2. The highest BCUT2D eigenvalue weighted by Crippen LogP contribution is 2.22. The second-order valence-electron chi connectivity index (χ2n) is 4.57. The molecular formula is C12H20BrN3O. The first-order valence-electron chi connectivity index (χ1n) is 5.88. The molecule has 0 fully saturated rings. The number of aryl methyl sites for hydroxylation is 2. The third-order valence-corrected chi connectivity index (χ3v) is 3.92. The number of carbonyl (C=O) groups excluding carboxylic acids is 1. The van der Waals surface area contributed by atoms with Crippen LogP contribution in [0.1, 0.15) is 32.2 Å². The van der Waals surface area contributed by atoms with Crippen molar-refractivity contribution in [1.82, 2.24) is 9.78 Å². The first-order valence-corrected chi connectivity index (χ1v) is 6.67. The predicted molar refractivity (Wildman–Crippen MR) is 71.9 cm³/mol. The van der Waals surface area contributed by atoms with E-state index in [-0.39, 0.29) is 11.7 Å². The Bertz CT molecular complexity index is 412. The van der Waals surface area contributed by atoms with Crippen LogP contribution in [0.5, 0.6) is 0 Å². The second kappa shape index (κ2) is 5.78. The van der Waals surface area contributed by atoms with Crippen molar-refractivity contribution < 1.29 is 4.79 Å². The molecule has 0 aliphatic heterocycles. The summed E-state index contributed by atoms with van der Waals surface area (Å²) in [7, 11) is 0. The lowest BCUT2D eigenvalue weighted by atomic mass is 9.98. The molecule has 0 aromatic carbocycles. The molecule has 1 unspecified atom stereocenters. The molecule has 2 N–H and O–H groups in total. The van der Waals surface area contributed by atoms with Gasteiger partial charge in [0.25, 0.3) is 0 Å². The van der Waals surface area contributed by atoms with Gasteiger partial charge in [0.2, 0.25) is 0 Å². The molecule has 0 bridgehead atoms. The Morgan fingerprint density at radius 2 is 2.12 bits per heavy atom. The predicted octanol–water partition coefficient (Wildman–Crippen LogP) is 2.07. The zero-order valence-corrected chi connectivity index (χ0v) is 12.4. The Morgan fingerprint density at radius 3 is 2.59 bits per heavy atom. The van der Waals surface area contributed by atoms with Crippen molar-refractivity contribution in [1.29, 1.82) is 0 Å².